The van der Waals surface area contributed by atoms with Crippen molar-refractivity contribution >= 4 is 25.1 Å². The number of nitrogens with zero attached hydrogens (tertiary/aromatic N) is 1. The summed E-state index contributed by atoms with van der Waals surface area (Å²) >= 11 is 1.61. The molecule has 0 fully saturated rings. The largest absolute Gasteiger partial charge is 0.493 e. The lowest BCUT2D eigenvalue weighted by Gasteiger charge is -2.33. The first kappa shape index (κ1) is 33.6. The van der Waals surface area contributed by atoms with Crippen molar-refractivity contribution in [3.05, 3.63) is 51.7 Å². The Labute approximate surface area is 245 Å². The van der Waals surface area contributed by atoms with Gasteiger partial charge in [-0.2, -0.15) is 13.2 Å². The monoisotopic (exact) mass is 619 g/mol. The van der Waals surface area contributed by atoms with Gasteiger partial charge in [0.1, 0.15) is 17.9 Å². The summed E-state index contributed by atoms with van der Waals surface area (Å²) < 4.78 is 83.8. The zero-order valence-corrected chi connectivity index (χ0v) is 26.5. The van der Waals surface area contributed by atoms with Crippen LogP contribution in [0.3, 0.4) is 0 Å². The number of hydrogen-bond donors (Lipinski definition) is 0. The minimum atomic E-state index is -4.58. The molecule has 7 nitrogen and oxygen atoms in total. The molecule has 0 spiro atoms. The van der Waals surface area contributed by atoms with E-state index in [2.05, 4.69) is 4.99 Å². The smallest absolute Gasteiger partial charge is 0.475 e. The van der Waals surface area contributed by atoms with Crippen LogP contribution in [0.25, 0.3) is 0 Å². The second-order valence-corrected chi connectivity index (χ2v) is 14.7. The quantitative estimate of drug-likeness (QED) is 0.165. The van der Waals surface area contributed by atoms with Crippen molar-refractivity contribution in [1.29, 1.82) is 0 Å². The predicted octanol–water partition coefficient (Wildman–Crippen LogP) is 8.65. The van der Waals surface area contributed by atoms with Crippen LogP contribution in [-0.2, 0) is 41.9 Å². The molecule has 230 valence electrons. The normalized spacial score (nSPS) is 18.3. The van der Waals surface area contributed by atoms with Crippen LogP contribution in [0.4, 0.5) is 13.2 Å². The summed E-state index contributed by atoms with van der Waals surface area (Å²) in [7, 11) is -4.03. The summed E-state index contributed by atoms with van der Waals surface area (Å²) in [6.07, 6.45) is -2.69. The van der Waals surface area contributed by atoms with Crippen molar-refractivity contribution in [3.63, 3.8) is 0 Å². The molecule has 3 rings (SSSR count). The van der Waals surface area contributed by atoms with Gasteiger partial charge in [-0.05, 0) is 96.4 Å². The number of rotatable bonds is 13. The van der Waals surface area contributed by atoms with E-state index in [1.54, 1.807) is 65.9 Å². The lowest BCUT2D eigenvalue weighted by atomic mass is 9.93. The maximum Gasteiger partial charge on any atom is 0.475 e. The minimum absolute atomic E-state index is 0.126. The molecule has 0 bridgehead atoms. The number of ether oxygens (including phenoxy) is 2. The van der Waals surface area contributed by atoms with E-state index in [1.165, 1.54) is 6.07 Å². The molecule has 2 aromatic rings. The van der Waals surface area contributed by atoms with Crippen LogP contribution in [0, 0.1) is 0 Å². The molecule has 1 aromatic heterocycles. The van der Waals surface area contributed by atoms with E-state index in [4.69, 9.17) is 23.0 Å². The second-order valence-electron chi connectivity index (χ2n) is 12.1. The number of aryl methyl sites for hydroxylation is 2. The van der Waals surface area contributed by atoms with Gasteiger partial charge >= 0.3 is 14.0 Å². The zero-order chi connectivity index (χ0) is 30.5. The number of halogens is 3. The number of phosphoric ester groups is 1. The molecule has 1 aliphatic heterocycles. The van der Waals surface area contributed by atoms with Gasteiger partial charge in [-0.15, -0.1) is 11.3 Å². The third-order valence-electron chi connectivity index (χ3n) is 5.84. The summed E-state index contributed by atoms with van der Waals surface area (Å²) in [5.74, 6) is 0.224. The van der Waals surface area contributed by atoms with E-state index in [-0.39, 0.29) is 38.4 Å². The Bertz CT molecular complexity index is 1200. The SMILES string of the molecule is CC1=NC(CCc2ccc(OCCCc3cccs3)c(C(F)(F)F)c2)(COP(=O)(OC(C)(C)C)OC(C)(C)C)CO1. The molecule has 0 saturated carbocycles. The first-order chi connectivity index (χ1) is 18.9. The molecular weight excluding hydrogens is 578 g/mol. The first-order valence-corrected chi connectivity index (χ1v) is 15.9. The molecule has 12 heteroatoms. The van der Waals surface area contributed by atoms with Gasteiger partial charge < -0.3 is 9.47 Å². The van der Waals surface area contributed by atoms with Gasteiger partial charge in [-0.1, -0.05) is 12.1 Å². The van der Waals surface area contributed by atoms with Gasteiger partial charge in [0.25, 0.3) is 0 Å². The van der Waals surface area contributed by atoms with E-state index in [0.717, 1.165) is 17.4 Å². The second kappa shape index (κ2) is 13.2. The van der Waals surface area contributed by atoms with Gasteiger partial charge in [0, 0.05) is 11.8 Å². The third kappa shape index (κ3) is 11.0. The molecule has 1 aliphatic rings. The van der Waals surface area contributed by atoms with Gasteiger partial charge in [0.05, 0.1) is 30.0 Å². The maximum absolute atomic E-state index is 14.0. The Kier molecular flexibility index (Phi) is 10.8. The van der Waals surface area contributed by atoms with Crippen LogP contribution < -0.4 is 4.74 Å². The number of benzene rings is 1. The minimum Gasteiger partial charge on any atom is -0.493 e. The van der Waals surface area contributed by atoms with Crippen molar-refractivity contribution in [3.8, 4) is 5.75 Å². The van der Waals surface area contributed by atoms with Gasteiger partial charge in [-0.3, -0.25) is 13.6 Å². The Morgan fingerprint density at radius 2 is 1.73 bits per heavy atom. The molecule has 1 unspecified atom stereocenters. The zero-order valence-electron chi connectivity index (χ0n) is 24.8. The highest BCUT2D eigenvalue weighted by Gasteiger charge is 2.43. The van der Waals surface area contributed by atoms with E-state index in [0.29, 0.717) is 17.9 Å². The highest BCUT2D eigenvalue weighted by molar-refractivity contribution is 7.48. The fraction of sp³-hybridized carbons (Fsp3) is 0.621. The summed E-state index contributed by atoms with van der Waals surface area (Å²) in [4.78, 5) is 5.75. The maximum atomic E-state index is 14.0. The van der Waals surface area contributed by atoms with Crippen molar-refractivity contribution in [2.75, 3.05) is 19.8 Å². The highest BCUT2D eigenvalue weighted by Crippen LogP contribution is 2.56. The predicted molar refractivity (Wildman–Crippen MR) is 155 cm³/mol. The average molecular weight is 620 g/mol. The van der Waals surface area contributed by atoms with Gasteiger partial charge in [0.15, 0.2) is 5.90 Å². The topological polar surface area (TPSA) is 75.6 Å². The Morgan fingerprint density at radius 1 is 1.05 bits per heavy atom. The van der Waals surface area contributed by atoms with E-state index in [9.17, 15) is 17.7 Å². The van der Waals surface area contributed by atoms with Crippen LogP contribution in [0.1, 0.15) is 77.3 Å². The van der Waals surface area contributed by atoms with Crippen LogP contribution in [0.15, 0.2) is 40.7 Å². The van der Waals surface area contributed by atoms with Crippen LogP contribution in [0.5, 0.6) is 5.75 Å². The number of alkyl halides is 3. The van der Waals surface area contributed by atoms with E-state index < -0.39 is 36.3 Å². The summed E-state index contributed by atoms with van der Waals surface area (Å²) in [5.41, 5.74) is -2.97. The van der Waals surface area contributed by atoms with E-state index >= 15 is 0 Å². The first-order valence-electron chi connectivity index (χ1n) is 13.6. The lowest BCUT2D eigenvalue weighted by molar-refractivity contribution is -0.139. The van der Waals surface area contributed by atoms with Crippen LogP contribution in [-0.4, -0.2) is 42.5 Å². The Hall–Kier alpha value is -1.91. The standard InChI is InChI=1S/C29H41F3NO6PS/c1-21-33-28(19-36-21,20-37-40(34,38-26(2,3)4)39-27(5,6)7)15-14-22-12-13-25(24(18-22)29(30,31)32)35-16-8-10-23-11-9-17-41-23/h9,11-13,17-18H,8,10,14-16,19-20H2,1-7H3. The highest BCUT2D eigenvalue weighted by atomic mass is 32.1. The Balaban J connectivity index is 1.72. The molecule has 2 heterocycles. The van der Waals surface area contributed by atoms with Crippen LogP contribution >= 0.6 is 19.2 Å². The van der Waals surface area contributed by atoms with Crippen LogP contribution in [0.2, 0.25) is 0 Å². The molecule has 0 aliphatic carbocycles. The molecular formula is C29H41F3NO6PS. The summed E-state index contributed by atoms with van der Waals surface area (Å²) in [6.45, 7) is 12.3. The fourth-order valence-corrected chi connectivity index (χ4v) is 6.83. The number of phosphoric acid groups is 1. The van der Waals surface area contributed by atoms with Gasteiger partial charge in [0.2, 0.25) is 0 Å². The molecule has 41 heavy (non-hydrogen) atoms. The molecule has 1 atom stereocenters. The summed E-state index contributed by atoms with van der Waals surface area (Å²) in [5, 5.41) is 1.97. The van der Waals surface area contributed by atoms with Gasteiger partial charge in [-0.25, -0.2) is 9.56 Å². The molecule has 1 aromatic carbocycles. The molecule has 0 radical (unpaired) electrons. The molecule has 0 amide bonds. The van der Waals surface area contributed by atoms with Crippen molar-refractivity contribution in [2.24, 2.45) is 4.99 Å². The van der Waals surface area contributed by atoms with E-state index in [1.807, 2.05) is 17.5 Å². The summed E-state index contributed by atoms with van der Waals surface area (Å²) in [6, 6.07) is 8.05. The number of hydrogen-bond acceptors (Lipinski definition) is 8. The fourth-order valence-electron chi connectivity index (χ4n) is 4.19. The average Bonchev–Trinajstić information content (AvgIpc) is 3.47. The lowest BCUT2D eigenvalue weighted by Crippen LogP contribution is -2.36. The third-order valence-corrected chi connectivity index (χ3v) is 8.76. The molecule has 0 N–H and O–H groups in total. The van der Waals surface area contributed by atoms with Crippen molar-refractivity contribution < 1.29 is 40.8 Å². The number of aliphatic imine (C=N–C) groups is 1. The molecule has 0 saturated heterocycles. The van der Waals surface area contributed by atoms with Crippen molar-refractivity contribution in [1.82, 2.24) is 0 Å². The Morgan fingerprint density at radius 3 is 2.27 bits per heavy atom. The number of thiophene rings is 1. The van der Waals surface area contributed by atoms with Crippen molar-refractivity contribution in [2.45, 2.75) is 97.1 Å².